The molecule has 0 spiro atoms. The van der Waals surface area contributed by atoms with Crippen LogP contribution in [0.25, 0.3) is 0 Å². The second-order valence-corrected chi connectivity index (χ2v) is 7.08. The summed E-state index contributed by atoms with van der Waals surface area (Å²) in [6.07, 6.45) is 4.28. The molecule has 0 fully saturated rings. The third-order valence-corrected chi connectivity index (χ3v) is 4.51. The van der Waals surface area contributed by atoms with Gasteiger partial charge < -0.3 is 34.3 Å². The van der Waals surface area contributed by atoms with Gasteiger partial charge in [-0.1, -0.05) is 33.2 Å². The lowest BCUT2D eigenvalue weighted by atomic mass is 9.88. The summed E-state index contributed by atoms with van der Waals surface area (Å²) in [5, 5.41) is 26.0. The number of aliphatic hydroxyl groups excluding tert-OH is 3. The molecule has 0 aliphatic heterocycles. The molecule has 34 heavy (non-hydrogen) atoms. The van der Waals surface area contributed by atoms with Gasteiger partial charge in [0.05, 0.1) is 19.8 Å². The van der Waals surface area contributed by atoms with Crippen LogP contribution in [-0.4, -0.2) is 85.4 Å². The van der Waals surface area contributed by atoms with Crippen LogP contribution in [0.4, 0.5) is 0 Å². The fourth-order valence-corrected chi connectivity index (χ4v) is 1.87. The number of aliphatic hydroxyl groups is 3. The Kier molecular flexibility index (Phi) is 17.6. The minimum absolute atomic E-state index is 0.156. The molecule has 0 atom stereocenters. The summed E-state index contributed by atoms with van der Waals surface area (Å²) in [6, 6.07) is 0. The summed E-state index contributed by atoms with van der Waals surface area (Å²) in [7, 11) is 0. The molecule has 0 radical (unpaired) electrons. The Morgan fingerprint density at radius 3 is 0.941 bits per heavy atom. The first kappa shape index (κ1) is 32.9. The van der Waals surface area contributed by atoms with Crippen molar-refractivity contribution in [1.29, 1.82) is 0 Å². The Bertz CT molecular complexity index is 589. The molecule has 0 aliphatic carbocycles. The van der Waals surface area contributed by atoms with Gasteiger partial charge in [-0.15, -0.1) is 0 Å². The van der Waals surface area contributed by atoms with E-state index in [1.54, 1.807) is 0 Å². The van der Waals surface area contributed by atoms with Crippen molar-refractivity contribution in [2.45, 2.75) is 13.3 Å². The number of carbonyl (C=O) groups is 4. The molecule has 0 heterocycles. The van der Waals surface area contributed by atoms with E-state index in [-0.39, 0.29) is 46.2 Å². The first-order valence-electron chi connectivity index (χ1n) is 10.1. The van der Waals surface area contributed by atoms with Gasteiger partial charge in [-0.2, -0.15) is 0 Å². The van der Waals surface area contributed by atoms with Gasteiger partial charge in [0, 0.05) is 29.7 Å². The predicted octanol–water partition coefficient (Wildman–Crippen LogP) is 0.249. The van der Waals surface area contributed by atoms with Crippen molar-refractivity contribution >= 4 is 23.9 Å². The van der Waals surface area contributed by atoms with Crippen molar-refractivity contribution in [2.75, 3.05) is 46.2 Å². The number of ether oxygens (including phenoxy) is 4. The maximum atomic E-state index is 11.3. The molecule has 11 heteroatoms. The minimum atomic E-state index is -1.34. The summed E-state index contributed by atoms with van der Waals surface area (Å²) in [5.74, 6) is -3.04. The zero-order chi connectivity index (χ0) is 26.6. The number of hydrogen-bond acceptors (Lipinski definition) is 11. The molecule has 0 aromatic heterocycles. The fraction of sp³-hybridized carbons (Fsp3) is 0.478. The summed E-state index contributed by atoms with van der Waals surface area (Å²) < 4.78 is 19.8. The highest BCUT2D eigenvalue weighted by molar-refractivity contribution is 5.82. The first-order chi connectivity index (χ1) is 16.1. The zero-order valence-corrected chi connectivity index (χ0v) is 19.4. The Labute approximate surface area is 198 Å². The van der Waals surface area contributed by atoms with Crippen LogP contribution in [-0.2, 0) is 38.1 Å². The maximum absolute atomic E-state index is 11.3. The molecule has 0 saturated heterocycles. The van der Waals surface area contributed by atoms with Gasteiger partial charge >= 0.3 is 23.9 Å². The van der Waals surface area contributed by atoms with Gasteiger partial charge in [-0.3, -0.25) is 0 Å². The molecule has 0 saturated carbocycles. The van der Waals surface area contributed by atoms with Crippen molar-refractivity contribution in [1.82, 2.24) is 0 Å². The highest BCUT2D eigenvalue weighted by Crippen LogP contribution is 2.22. The number of esters is 4. The van der Waals surface area contributed by atoms with Crippen LogP contribution in [0.15, 0.2) is 50.6 Å². The van der Waals surface area contributed by atoms with Gasteiger partial charge in [0.25, 0.3) is 0 Å². The molecule has 11 nitrogen and oxygen atoms in total. The number of hydrogen-bond donors (Lipinski definition) is 3. The lowest BCUT2D eigenvalue weighted by molar-refractivity contribution is -0.164. The summed E-state index contributed by atoms with van der Waals surface area (Å²) in [6.45, 7) is 12.9. The highest BCUT2D eigenvalue weighted by atomic mass is 16.6. The van der Waals surface area contributed by atoms with Gasteiger partial charge in [0.1, 0.15) is 31.8 Å². The van der Waals surface area contributed by atoms with Crippen molar-refractivity contribution in [3.05, 3.63) is 50.6 Å². The Morgan fingerprint density at radius 1 is 0.588 bits per heavy atom. The molecule has 0 rings (SSSR count). The molecule has 0 unspecified atom stereocenters. The molecule has 0 bridgehead atoms. The Morgan fingerprint density at radius 2 is 0.824 bits per heavy atom. The SMILES string of the molecule is C=CC(=O)OCC(COC(=O)C=C)(COC(=O)C=C)COC(=O)C=C.CCC(CO)(CO)CO. The lowest BCUT2D eigenvalue weighted by Gasteiger charge is -2.31. The van der Waals surface area contributed by atoms with Gasteiger partial charge in [-0.25, -0.2) is 19.2 Å². The summed E-state index contributed by atoms with van der Waals surface area (Å²) in [4.78, 5) is 45.3. The van der Waals surface area contributed by atoms with E-state index >= 15 is 0 Å². The van der Waals surface area contributed by atoms with E-state index in [1.165, 1.54) is 0 Å². The van der Waals surface area contributed by atoms with E-state index in [0.29, 0.717) is 6.42 Å². The van der Waals surface area contributed by atoms with Crippen LogP contribution >= 0.6 is 0 Å². The van der Waals surface area contributed by atoms with Gasteiger partial charge in [0.2, 0.25) is 0 Å². The van der Waals surface area contributed by atoms with Crippen molar-refractivity contribution in [3.63, 3.8) is 0 Å². The van der Waals surface area contributed by atoms with Crippen molar-refractivity contribution in [2.24, 2.45) is 10.8 Å². The van der Waals surface area contributed by atoms with Crippen LogP contribution < -0.4 is 0 Å². The van der Waals surface area contributed by atoms with Crippen LogP contribution in [0.5, 0.6) is 0 Å². The van der Waals surface area contributed by atoms with E-state index in [2.05, 4.69) is 26.3 Å². The van der Waals surface area contributed by atoms with Crippen LogP contribution in [0.3, 0.4) is 0 Å². The standard InChI is InChI=1S/C17H20O8.C6H14O3/c1-5-13(18)22-9-17(10-23-14(19)6-2,11-24-15(20)7-3)12-25-16(21)8-4;1-2-6(3-7,4-8)5-9/h5-8H,1-4,9-12H2;7-9H,2-5H2,1H3. The average molecular weight is 487 g/mol. The lowest BCUT2D eigenvalue weighted by Crippen LogP contribution is -2.43. The molecule has 0 aromatic carbocycles. The van der Waals surface area contributed by atoms with Crippen LogP contribution in [0.1, 0.15) is 13.3 Å². The fourth-order valence-electron chi connectivity index (χ4n) is 1.87. The van der Waals surface area contributed by atoms with Crippen LogP contribution in [0.2, 0.25) is 0 Å². The average Bonchev–Trinajstić information content (AvgIpc) is 2.88. The zero-order valence-electron chi connectivity index (χ0n) is 19.4. The molecule has 0 aromatic rings. The van der Waals surface area contributed by atoms with E-state index in [0.717, 1.165) is 24.3 Å². The van der Waals surface area contributed by atoms with Gasteiger partial charge in [0.15, 0.2) is 0 Å². The molecule has 3 N–H and O–H groups in total. The molecular formula is C23H34O11. The third kappa shape index (κ3) is 13.3. The van der Waals surface area contributed by atoms with Crippen LogP contribution in [0, 0.1) is 10.8 Å². The second kappa shape index (κ2) is 18.2. The first-order valence-corrected chi connectivity index (χ1v) is 10.1. The molecule has 0 aliphatic rings. The predicted molar refractivity (Wildman–Crippen MR) is 121 cm³/mol. The highest BCUT2D eigenvalue weighted by Gasteiger charge is 2.37. The smallest absolute Gasteiger partial charge is 0.330 e. The molecular weight excluding hydrogens is 452 g/mol. The van der Waals surface area contributed by atoms with E-state index < -0.39 is 34.7 Å². The number of rotatable bonds is 16. The van der Waals surface area contributed by atoms with Crippen molar-refractivity contribution < 1.29 is 53.4 Å². The van der Waals surface area contributed by atoms with Gasteiger partial charge in [-0.05, 0) is 6.42 Å². The monoisotopic (exact) mass is 486 g/mol. The molecule has 192 valence electrons. The van der Waals surface area contributed by atoms with E-state index in [1.807, 2.05) is 6.92 Å². The number of carbonyl (C=O) groups excluding carboxylic acids is 4. The maximum Gasteiger partial charge on any atom is 0.330 e. The van der Waals surface area contributed by atoms with E-state index in [9.17, 15) is 19.2 Å². The quantitative estimate of drug-likeness (QED) is 0.155. The van der Waals surface area contributed by atoms with Crippen molar-refractivity contribution in [3.8, 4) is 0 Å². The largest absolute Gasteiger partial charge is 0.462 e. The normalized spacial score (nSPS) is 10.5. The minimum Gasteiger partial charge on any atom is -0.462 e. The third-order valence-electron chi connectivity index (χ3n) is 4.51. The Balaban J connectivity index is 0. The summed E-state index contributed by atoms with van der Waals surface area (Å²) >= 11 is 0. The summed E-state index contributed by atoms with van der Waals surface area (Å²) in [5.41, 5.74) is -2.01. The van der Waals surface area contributed by atoms with E-state index in [4.69, 9.17) is 34.3 Å². The molecule has 0 amide bonds. The second-order valence-electron chi connectivity index (χ2n) is 7.08. The Hall–Kier alpha value is -3.28. The topological polar surface area (TPSA) is 166 Å².